The van der Waals surface area contributed by atoms with Gasteiger partial charge in [-0.3, -0.25) is 9.48 Å². The number of hydrogen-bond acceptors (Lipinski definition) is 4. The van der Waals surface area contributed by atoms with E-state index in [-0.39, 0.29) is 5.78 Å². The van der Waals surface area contributed by atoms with Gasteiger partial charge in [0.05, 0.1) is 10.7 Å². The van der Waals surface area contributed by atoms with Crippen LogP contribution in [0.2, 0.25) is 0 Å². The maximum absolute atomic E-state index is 12.5. The lowest BCUT2D eigenvalue weighted by Crippen LogP contribution is -2.07. The zero-order valence-corrected chi connectivity index (χ0v) is 19.3. The minimum atomic E-state index is -0.141. The zero-order chi connectivity index (χ0) is 21.1. The quantitative estimate of drug-likeness (QED) is 0.198. The Kier molecular flexibility index (Phi) is 6.20. The van der Waals surface area contributed by atoms with Gasteiger partial charge in [0.25, 0.3) is 0 Å². The predicted octanol–water partition coefficient (Wildman–Crippen LogP) is 6.65. The van der Waals surface area contributed by atoms with Crippen molar-refractivity contribution in [3.05, 3.63) is 87.0 Å². The van der Waals surface area contributed by atoms with Crippen molar-refractivity contribution in [2.45, 2.75) is 20.1 Å². The first-order valence-electron chi connectivity index (χ1n) is 9.38. The van der Waals surface area contributed by atoms with Gasteiger partial charge in [0.1, 0.15) is 29.6 Å². The number of aryl methyl sites for hydroxylation is 1. The summed E-state index contributed by atoms with van der Waals surface area (Å²) in [5, 5.41) is 6.41. The van der Waals surface area contributed by atoms with E-state index >= 15 is 0 Å². The zero-order valence-electron chi connectivity index (χ0n) is 16.1. The van der Waals surface area contributed by atoms with Gasteiger partial charge in [-0.15, -0.1) is 0 Å². The van der Waals surface area contributed by atoms with E-state index in [4.69, 9.17) is 9.15 Å². The van der Waals surface area contributed by atoms with Gasteiger partial charge in [-0.1, -0.05) is 28.1 Å². The second-order valence-electron chi connectivity index (χ2n) is 6.60. The standard InChI is InChI=1S/C23H18Br2N2O3/c1-2-27-23(21(25)13-26-27)22(28)10-9-18-7-8-20(30-18)14-29-19-6-4-15-11-17(24)5-3-16(15)12-19/h3-13H,2,14H2,1H3/b10-9+. The van der Waals surface area contributed by atoms with Gasteiger partial charge >= 0.3 is 0 Å². The summed E-state index contributed by atoms with van der Waals surface area (Å²) in [5.74, 6) is 1.89. The molecule has 30 heavy (non-hydrogen) atoms. The Hall–Kier alpha value is -2.64. The average molecular weight is 530 g/mol. The molecule has 7 heteroatoms. The molecule has 0 saturated carbocycles. The summed E-state index contributed by atoms with van der Waals surface area (Å²) in [6.45, 7) is 2.86. The highest BCUT2D eigenvalue weighted by molar-refractivity contribution is 9.10. The monoisotopic (exact) mass is 528 g/mol. The number of halogens is 2. The summed E-state index contributed by atoms with van der Waals surface area (Å²) in [4.78, 5) is 12.5. The molecular formula is C23H18Br2N2O3. The molecule has 0 unspecified atom stereocenters. The lowest BCUT2D eigenvalue weighted by molar-refractivity contribution is 0.103. The second-order valence-corrected chi connectivity index (χ2v) is 8.37. The average Bonchev–Trinajstić information content (AvgIpc) is 3.36. The lowest BCUT2D eigenvalue weighted by atomic mass is 10.1. The van der Waals surface area contributed by atoms with Gasteiger partial charge in [-0.25, -0.2) is 0 Å². The molecule has 0 aliphatic heterocycles. The van der Waals surface area contributed by atoms with Crippen LogP contribution in [0.4, 0.5) is 0 Å². The highest BCUT2D eigenvalue weighted by atomic mass is 79.9. The van der Waals surface area contributed by atoms with Gasteiger partial charge in [0.15, 0.2) is 0 Å². The maximum Gasteiger partial charge on any atom is 0.205 e. The first-order valence-corrected chi connectivity index (χ1v) is 11.0. The molecule has 2 heterocycles. The molecule has 0 fully saturated rings. The first-order chi connectivity index (χ1) is 14.5. The summed E-state index contributed by atoms with van der Waals surface area (Å²) in [7, 11) is 0. The molecule has 0 aliphatic rings. The molecule has 2 aromatic carbocycles. The molecule has 4 aromatic rings. The molecule has 0 amide bonds. The molecule has 0 atom stereocenters. The van der Waals surface area contributed by atoms with Crippen molar-refractivity contribution in [3.8, 4) is 5.75 Å². The molecule has 0 spiro atoms. The number of ether oxygens (including phenoxy) is 1. The van der Waals surface area contributed by atoms with E-state index in [1.54, 1.807) is 17.0 Å². The van der Waals surface area contributed by atoms with E-state index in [2.05, 4.69) is 43.0 Å². The summed E-state index contributed by atoms with van der Waals surface area (Å²) in [6.07, 6.45) is 4.76. The first kappa shape index (κ1) is 20.6. The van der Waals surface area contributed by atoms with Crippen LogP contribution < -0.4 is 4.74 Å². The third kappa shape index (κ3) is 4.57. The fraction of sp³-hybridized carbons (Fsp3) is 0.130. The highest BCUT2D eigenvalue weighted by Gasteiger charge is 2.14. The van der Waals surface area contributed by atoms with Gasteiger partial charge in [-0.2, -0.15) is 5.10 Å². The molecule has 4 rings (SSSR count). The number of ketones is 1. The molecule has 0 aliphatic carbocycles. The van der Waals surface area contributed by atoms with Crippen molar-refractivity contribution in [2.75, 3.05) is 0 Å². The predicted molar refractivity (Wildman–Crippen MR) is 124 cm³/mol. The largest absolute Gasteiger partial charge is 0.486 e. The fourth-order valence-electron chi connectivity index (χ4n) is 3.08. The number of allylic oxidation sites excluding steroid dienone is 1. The Morgan fingerprint density at radius 3 is 2.77 bits per heavy atom. The van der Waals surface area contributed by atoms with Crippen LogP contribution in [-0.4, -0.2) is 15.6 Å². The van der Waals surface area contributed by atoms with Crippen LogP contribution in [-0.2, 0) is 13.2 Å². The molecule has 0 N–H and O–H groups in total. The number of carbonyl (C=O) groups excluding carboxylic acids is 1. The summed E-state index contributed by atoms with van der Waals surface area (Å²) >= 11 is 6.85. The number of aromatic nitrogens is 2. The van der Waals surface area contributed by atoms with Crippen molar-refractivity contribution >= 4 is 54.5 Å². The van der Waals surface area contributed by atoms with E-state index in [0.29, 0.717) is 34.8 Å². The van der Waals surface area contributed by atoms with Gasteiger partial charge < -0.3 is 9.15 Å². The fourth-order valence-corrected chi connectivity index (χ4v) is 3.95. The van der Waals surface area contributed by atoms with Crippen molar-refractivity contribution in [1.82, 2.24) is 9.78 Å². The number of rotatable bonds is 7. The summed E-state index contributed by atoms with van der Waals surface area (Å²) in [6, 6.07) is 15.7. The Bertz CT molecular complexity index is 1240. The molecule has 5 nitrogen and oxygen atoms in total. The topological polar surface area (TPSA) is 57.3 Å². The third-order valence-electron chi connectivity index (χ3n) is 4.56. The number of carbonyl (C=O) groups is 1. The van der Waals surface area contributed by atoms with Crippen molar-refractivity contribution in [2.24, 2.45) is 0 Å². The highest BCUT2D eigenvalue weighted by Crippen LogP contribution is 2.25. The van der Waals surface area contributed by atoms with Gasteiger partial charge in [0.2, 0.25) is 5.78 Å². The van der Waals surface area contributed by atoms with E-state index in [1.165, 1.54) is 6.08 Å². The van der Waals surface area contributed by atoms with Crippen LogP contribution in [0.1, 0.15) is 28.9 Å². The van der Waals surface area contributed by atoms with E-state index < -0.39 is 0 Å². The smallest absolute Gasteiger partial charge is 0.205 e. The Labute approximate surface area is 190 Å². The van der Waals surface area contributed by atoms with Crippen LogP contribution in [0.5, 0.6) is 5.75 Å². The number of benzene rings is 2. The normalized spacial score (nSPS) is 11.4. The molecule has 0 radical (unpaired) electrons. The number of nitrogens with zero attached hydrogens (tertiary/aromatic N) is 2. The lowest BCUT2D eigenvalue weighted by Gasteiger charge is -2.06. The molecule has 0 bridgehead atoms. The third-order valence-corrected chi connectivity index (χ3v) is 5.64. The van der Waals surface area contributed by atoms with Crippen LogP contribution >= 0.6 is 31.9 Å². The Morgan fingerprint density at radius 1 is 1.13 bits per heavy atom. The van der Waals surface area contributed by atoms with Crippen LogP contribution in [0.25, 0.3) is 16.8 Å². The van der Waals surface area contributed by atoms with Gasteiger partial charge in [0, 0.05) is 11.0 Å². The number of furan rings is 1. The molecule has 0 saturated heterocycles. The Balaban J connectivity index is 1.40. The van der Waals surface area contributed by atoms with Crippen LogP contribution in [0.3, 0.4) is 0 Å². The molecule has 152 valence electrons. The summed E-state index contributed by atoms with van der Waals surface area (Å²) < 4.78 is 15.0. The molecular weight excluding hydrogens is 512 g/mol. The van der Waals surface area contributed by atoms with Crippen molar-refractivity contribution in [1.29, 1.82) is 0 Å². The van der Waals surface area contributed by atoms with Crippen LogP contribution in [0.15, 0.2) is 74.2 Å². The number of hydrogen-bond donors (Lipinski definition) is 0. The van der Waals surface area contributed by atoms with Crippen molar-refractivity contribution in [3.63, 3.8) is 0 Å². The van der Waals surface area contributed by atoms with Gasteiger partial charge in [-0.05, 0) is 82.2 Å². The van der Waals surface area contributed by atoms with E-state index in [0.717, 1.165) is 21.0 Å². The minimum absolute atomic E-state index is 0.141. The molecule has 2 aromatic heterocycles. The SMILES string of the molecule is CCn1ncc(Br)c1C(=O)/C=C/c1ccc(COc2ccc3cc(Br)ccc3c2)o1. The van der Waals surface area contributed by atoms with E-state index in [9.17, 15) is 4.79 Å². The van der Waals surface area contributed by atoms with E-state index in [1.807, 2.05) is 49.4 Å². The minimum Gasteiger partial charge on any atom is -0.486 e. The Morgan fingerprint density at radius 2 is 1.93 bits per heavy atom. The van der Waals surface area contributed by atoms with Crippen LogP contribution in [0, 0.1) is 0 Å². The summed E-state index contributed by atoms with van der Waals surface area (Å²) in [5.41, 5.74) is 0.521. The number of fused-ring (bicyclic) bond motifs is 1. The second kappa shape index (κ2) is 9.02. The van der Waals surface area contributed by atoms with Crippen molar-refractivity contribution < 1.29 is 13.9 Å². The maximum atomic E-state index is 12.5.